The number of carbonyl (C=O) groups is 1. The van der Waals surface area contributed by atoms with Crippen LogP contribution < -0.4 is 9.47 Å². The lowest BCUT2D eigenvalue weighted by molar-refractivity contribution is -0.114. The molecule has 30 heavy (non-hydrogen) atoms. The first-order valence-corrected chi connectivity index (χ1v) is 11.5. The average Bonchev–Trinajstić information content (AvgIpc) is 3.39. The van der Waals surface area contributed by atoms with Crippen LogP contribution in [0.4, 0.5) is 0 Å². The van der Waals surface area contributed by atoms with E-state index in [9.17, 15) is 4.79 Å². The third-order valence-electron chi connectivity index (χ3n) is 8.22. The lowest BCUT2D eigenvalue weighted by Gasteiger charge is -2.47. The molecule has 2 fully saturated rings. The van der Waals surface area contributed by atoms with Crippen LogP contribution in [-0.4, -0.2) is 12.6 Å². The van der Waals surface area contributed by atoms with Gasteiger partial charge in [0.2, 0.25) is 6.79 Å². The maximum atomic E-state index is 12.1. The van der Waals surface area contributed by atoms with E-state index in [1.807, 2.05) is 13.0 Å². The molecule has 0 spiro atoms. The molecule has 5 aliphatic rings. The Bertz CT molecular complexity index is 1030. The number of carbonyl (C=O) groups excluding carboxylic acids is 1. The second kappa shape index (κ2) is 7.05. The molecule has 1 aromatic rings. The highest BCUT2D eigenvalue weighted by molar-refractivity contribution is 5.93. The number of hydrogen-bond donors (Lipinski definition) is 0. The molecule has 3 heteroatoms. The molecule has 0 aromatic heterocycles. The van der Waals surface area contributed by atoms with Crippen LogP contribution >= 0.6 is 0 Å². The van der Waals surface area contributed by atoms with Crippen molar-refractivity contribution in [3.05, 3.63) is 46.6 Å². The maximum Gasteiger partial charge on any atom is 0.231 e. The number of ketones is 1. The Morgan fingerprint density at radius 3 is 2.80 bits per heavy atom. The van der Waals surface area contributed by atoms with Crippen LogP contribution in [0, 0.1) is 35.5 Å². The molecular weight excluding hydrogens is 372 g/mol. The van der Waals surface area contributed by atoms with Gasteiger partial charge in [-0.1, -0.05) is 17.6 Å². The number of allylic oxidation sites excluding steroid dienone is 4. The zero-order valence-corrected chi connectivity index (χ0v) is 17.6. The smallest absolute Gasteiger partial charge is 0.231 e. The predicted molar refractivity (Wildman–Crippen MR) is 115 cm³/mol. The second-order valence-corrected chi connectivity index (χ2v) is 9.52. The van der Waals surface area contributed by atoms with Gasteiger partial charge >= 0.3 is 0 Å². The van der Waals surface area contributed by atoms with Crippen molar-refractivity contribution in [2.75, 3.05) is 6.79 Å². The van der Waals surface area contributed by atoms with Crippen LogP contribution in [0.3, 0.4) is 0 Å². The Labute approximate surface area is 178 Å². The molecule has 0 radical (unpaired) electrons. The third kappa shape index (κ3) is 2.77. The molecule has 0 bridgehead atoms. The van der Waals surface area contributed by atoms with Crippen molar-refractivity contribution in [1.82, 2.24) is 0 Å². The fourth-order valence-corrected chi connectivity index (χ4v) is 7.07. The van der Waals surface area contributed by atoms with Crippen LogP contribution in [0.25, 0.3) is 0 Å². The summed E-state index contributed by atoms with van der Waals surface area (Å²) in [7, 11) is 0. The van der Waals surface area contributed by atoms with Crippen LogP contribution in [0.5, 0.6) is 11.5 Å². The summed E-state index contributed by atoms with van der Waals surface area (Å²) in [6.45, 7) is 2.30. The summed E-state index contributed by atoms with van der Waals surface area (Å²) in [5, 5.41) is 0. The van der Waals surface area contributed by atoms with E-state index in [-0.39, 0.29) is 0 Å². The van der Waals surface area contributed by atoms with Crippen molar-refractivity contribution in [1.29, 1.82) is 0 Å². The number of hydrogen-bond acceptors (Lipinski definition) is 3. The molecule has 1 aromatic carbocycles. The fraction of sp³-hybridized carbons (Fsp3) is 0.519. The van der Waals surface area contributed by atoms with E-state index in [2.05, 4.69) is 30.0 Å². The molecule has 6 rings (SSSR count). The van der Waals surface area contributed by atoms with Gasteiger partial charge in [0, 0.05) is 18.3 Å². The van der Waals surface area contributed by atoms with Gasteiger partial charge in [-0.15, -0.1) is 5.92 Å². The van der Waals surface area contributed by atoms with Gasteiger partial charge in [-0.3, -0.25) is 4.79 Å². The SMILES string of the molecule is CC#CC1CCC2C3CCC4=CC(=O)CCC4=C3C(c3ccc4c(c3)OCO4)CC12. The summed E-state index contributed by atoms with van der Waals surface area (Å²) >= 11 is 0. The Morgan fingerprint density at radius 2 is 1.90 bits per heavy atom. The molecule has 4 aliphatic carbocycles. The third-order valence-corrected chi connectivity index (χ3v) is 8.22. The summed E-state index contributed by atoms with van der Waals surface area (Å²) in [6, 6.07) is 6.52. The molecule has 5 atom stereocenters. The van der Waals surface area contributed by atoms with Gasteiger partial charge in [0.05, 0.1) is 0 Å². The standard InChI is InChI=1S/C27H28O3/c1-2-3-16-4-8-21-22-9-5-17-12-19(28)7-10-20(17)27(22)24(14-23(16)21)18-6-11-25-26(13-18)30-15-29-25/h6,11-13,16,21-24H,4-5,7-10,14-15H2,1H3. The molecule has 3 nitrogen and oxygen atoms in total. The summed E-state index contributed by atoms with van der Waals surface area (Å²) in [5.41, 5.74) is 5.82. The molecule has 0 N–H and O–H groups in total. The molecule has 2 saturated carbocycles. The first kappa shape index (κ1) is 18.3. The summed E-state index contributed by atoms with van der Waals surface area (Å²) in [6.07, 6.45) is 9.50. The van der Waals surface area contributed by atoms with E-state index in [0.29, 0.717) is 42.7 Å². The predicted octanol–water partition coefficient (Wildman–Crippen LogP) is 5.56. The molecule has 0 amide bonds. The molecule has 154 valence electrons. The Balaban J connectivity index is 1.48. The summed E-state index contributed by atoms with van der Waals surface area (Å²) in [4.78, 5) is 12.1. The van der Waals surface area contributed by atoms with E-state index in [0.717, 1.165) is 30.3 Å². The minimum atomic E-state index is 0.306. The summed E-state index contributed by atoms with van der Waals surface area (Å²) in [5.74, 6) is 11.8. The highest BCUT2D eigenvalue weighted by atomic mass is 16.7. The molecule has 1 heterocycles. The molecular formula is C27H28O3. The monoisotopic (exact) mass is 400 g/mol. The normalized spacial score (nSPS) is 33.8. The highest BCUT2D eigenvalue weighted by Gasteiger charge is 2.49. The quantitative estimate of drug-likeness (QED) is 0.579. The van der Waals surface area contributed by atoms with Gasteiger partial charge in [-0.05, 0) is 98.1 Å². The minimum Gasteiger partial charge on any atom is -0.454 e. The van der Waals surface area contributed by atoms with Crippen LogP contribution in [0.15, 0.2) is 41.0 Å². The summed E-state index contributed by atoms with van der Waals surface area (Å²) < 4.78 is 11.3. The first-order chi connectivity index (χ1) is 14.7. The van der Waals surface area contributed by atoms with E-state index in [1.54, 1.807) is 5.57 Å². The average molecular weight is 401 g/mol. The van der Waals surface area contributed by atoms with Crippen molar-refractivity contribution in [3.63, 3.8) is 0 Å². The zero-order valence-electron chi connectivity index (χ0n) is 17.6. The lowest BCUT2D eigenvalue weighted by atomic mass is 9.57. The number of rotatable bonds is 1. The Kier molecular flexibility index (Phi) is 4.30. The van der Waals surface area contributed by atoms with Gasteiger partial charge < -0.3 is 9.47 Å². The van der Waals surface area contributed by atoms with Crippen LogP contribution in [-0.2, 0) is 4.79 Å². The van der Waals surface area contributed by atoms with Gasteiger partial charge in [0.15, 0.2) is 17.3 Å². The van der Waals surface area contributed by atoms with E-state index in [1.165, 1.54) is 42.4 Å². The molecule has 0 saturated heterocycles. The molecule has 1 aliphatic heterocycles. The Morgan fingerprint density at radius 1 is 1.00 bits per heavy atom. The minimum absolute atomic E-state index is 0.306. The van der Waals surface area contributed by atoms with Crippen LogP contribution in [0.1, 0.15) is 63.4 Å². The fourth-order valence-electron chi connectivity index (χ4n) is 7.07. The van der Waals surface area contributed by atoms with E-state index >= 15 is 0 Å². The van der Waals surface area contributed by atoms with Gasteiger partial charge in [-0.25, -0.2) is 0 Å². The zero-order chi connectivity index (χ0) is 20.2. The van der Waals surface area contributed by atoms with Gasteiger partial charge in [0.1, 0.15) is 0 Å². The van der Waals surface area contributed by atoms with Crippen molar-refractivity contribution in [2.45, 2.75) is 57.8 Å². The lowest BCUT2D eigenvalue weighted by Crippen LogP contribution is -2.36. The van der Waals surface area contributed by atoms with Gasteiger partial charge in [-0.2, -0.15) is 0 Å². The first-order valence-electron chi connectivity index (χ1n) is 11.5. The van der Waals surface area contributed by atoms with Gasteiger partial charge in [0.25, 0.3) is 0 Å². The molecule has 5 unspecified atom stereocenters. The number of ether oxygens (including phenoxy) is 2. The largest absolute Gasteiger partial charge is 0.454 e. The van der Waals surface area contributed by atoms with Crippen LogP contribution in [0.2, 0.25) is 0 Å². The van der Waals surface area contributed by atoms with Crippen molar-refractivity contribution >= 4 is 5.78 Å². The second-order valence-electron chi connectivity index (χ2n) is 9.52. The van der Waals surface area contributed by atoms with E-state index < -0.39 is 0 Å². The van der Waals surface area contributed by atoms with Crippen molar-refractivity contribution in [3.8, 4) is 23.3 Å². The van der Waals surface area contributed by atoms with Crippen molar-refractivity contribution < 1.29 is 14.3 Å². The number of benzene rings is 1. The van der Waals surface area contributed by atoms with Crippen molar-refractivity contribution in [2.24, 2.45) is 23.7 Å². The maximum absolute atomic E-state index is 12.1. The highest BCUT2D eigenvalue weighted by Crippen LogP contribution is 2.60. The Hall–Kier alpha value is -2.47. The number of fused-ring (bicyclic) bond motifs is 5. The van der Waals surface area contributed by atoms with E-state index in [4.69, 9.17) is 9.47 Å². The topological polar surface area (TPSA) is 35.5 Å².